The lowest BCUT2D eigenvalue weighted by Gasteiger charge is -2.14. The zero-order valence-corrected chi connectivity index (χ0v) is 16.1. The summed E-state index contributed by atoms with van der Waals surface area (Å²) in [6.45, 7) is 5.32. The minimum atomic E-state index is -1.05. The SMILES string of the molecule is Cc1ccc(C(=O)CCC(=O)O[C@@H](C)C(=O)Nc2ccccc2C#N)cc1C. The van der Waals surface area contributed by atoms with Crippen LogP contribution in [0, 0.1) is 25.2 Å². The monoisotopic (exact) mass is 378 g/mol. The van der Waals surface area contributed by atoms with Gasteiger partial charge in [-0.15, -0.1) is 0 Å². The largest absolute Gasteiger partial charge is 0.453 e. The Hall–Kier alpha value is -3.46. The molecule has 28 heavy (non-hydrogen) atoms. The number of ketones is 1. The van der Waals surface area contributed by atoms with Crippen LogP contribution in [0.15, 0.2) is 42.5 Å². The number of benzene rings is 2. The number of para-hydroxylation sites is 1. The molecule has 1 amide bonds. The summed E-state index contributed by atoms with van der Waals surface area (Å²) in [5.41, 5.74) is 3.32. The number of Topliss-reactive ketones (excluding diaryl/α,β-unsaturated/α-hetero) is 1. The minimum Gasteiger partial charge on any atom is -0.453 e. The van der Waals surface area contributed by atoms with Gasteiger partial charge in [-0.25, -0.2) is 0 Å². The highest BCUT2D eigenvalue weighted by atomic mass is 16.5. The summed E-state index contributed by atoms with van der Waals surface area (Å²) in [6, 6.07) is 13.9. The van der Waals surface area contributed by atoms with Crippen LogP contribution in [-0.2, 0) is 14.3 Å². The summed E-state index contributed by atoms with van der Waals surface area (Å²) in [6.07, 6.45) is -1.15. The Morgan fingerprint density at radius 1 is 1.07 bits per heavy atom. The van der Waals surface area contributed by atoms with Crippen LogP contribution in [0.4, 0.5) is 5.69 Å². The third kappa shape index (κ3) is 5.52. The number of esters is 1. The van der Waals surface area contributed by atoms with Gasteiger partial charge in [0, 0.05) is 12.0 Å². The first-order chi connectivity index (χ1) is 13.3. The summed E-state index contributed by atoms with van der Waals surface area (Å²) in [4.78, 5) is 36.4. The third-order valence-corrected chi connectivity index (χ3v) is 4.37. The molecule has 0 aliphatic rings. The van der Waals surface area contributed by atoms with Gasteiger partial charge in [0.15, 0.2) is 11.9 Å². The van der Waals surface area contributed by atoms with E-state index in [1.165, 1.54) is 6.92 Å². The maximum absolute atomic E-state index is 12.2. The molecule has 0 unspecified atom stereocenters. The molecule has 6 nitrogen and oxygen atoms in total. The fourth-order valence-corrected chi connectivity index (χ4v) is 2.51. The average Bonchev–Trinajstić information content (AvgIpc) is 2.68. The number of nitrogens with one attached hydrogen (secondary N) is 1. The van der Waals surface area contributed by atoms with Crippen LogP contribution in [0.25, 0.3) is 0 Å². The quantitative estimate of drug-likeness (QED) is 0.585. The topological polar surface area (TPSA) is 96.3 Å². The van der Waals surface area contributed by atoms with E-state index in [1.807, 2.05) is 26.0 Å². The Balaban J connectivity index is 1.86. The molecule has 2 aromatic carbocycles. The number of aryl methyl sites for hydroxylation is 2. The molecule has 0 bridgehead atoms. The van der Waals surface area contributed by atoms with Crippen molar-refractivity contribution in [3.05, 3.63) is 64.7 Å². The zero-order chi connectivity index (χ0) is 20.7. The van der Waals surface area contributed by atoms with E-state index in [2.05, 4.69) is 5.32 Å². The van der Waals surface area contributed by atoms with Crippen LogP contribution in [0.1, 0.15) is 46.8 Å². The molecule has 0 saturated carbocycles. The molecule has 0 radical (unpaired) electrons. The lowest BCUT2D eigenvalue weighted by atomic mass is 10.0. The van der Waals surface area contributed by atoms with Crippen LogP contribution in [0.5, 0.6) is 0 Å². The Morgan fingerprint density at radius 3 is 2.46 bits per heavy atom. The summed E-state index contributed by atoms with van der Waals surface area (Å²) >= 11 is 0. The fourth-order valence-electron chi connectivity index (χ4n) is 2.51. The third-order valence-electron chi connectivity index (χ3n) is 4.37. The van der Waals surface area contributed by atoms with Crippen LogP contribution in [0.3, 0.4) is 0 Å². The molecule has 6 heteroatoms. The number of carbonyl (C=O) groups excluding carboxylic acids is 3. The zero-order valence-electron chi connectivity index (χ0n) is 16.1. The summed E-state index contributed by atoms with van der Waals surface area (Å²) in [5.74, 6) is -1.33. The van der Waals surface area contributed by atoms with Crippen molar-refractivity contribution in [2.75, 3.05) is 5.32 Å². The van der Waals surface area contributed by atoms with E-state index in [-0.39, 0.29) is 18.6 Å². The molecule has 2 rings (SSSR count). The highest BCUT2D eigenvalue weighted by molar-refractivity contribution is 5.98. The molecule has 1 N–H and O–H groups in total. The lowest BCUT2D eigenvalue weighted by molar-refractivity contribution is -0.153. The van der Waals surface area contributed by atoms with Crippen LogP contribution in [0.2, 0.25) is 0 Å². The number of anilines is 1. The van der Waals surface area contributed by atoms with Crippen molar-refractivity contribution in [3.63, 3.8) is 0 Å². The molecule has 0 saturated heterocycles. The van der Waals surface area contributed by atoms with Crippen molar-refractivity contribution in [2.24, 2.45) is 0 Å². The average molecular weight is 378 g/mol. The summed E-state index contributed by atoms with van der Waals surface area (Å²) in [7, 11) is 0. The van der Waals surface area contributed by atoms with Gasteiger partial charge >= 0.3 is 5.97 Å². The number of ether oxygens (including phenoxy) is 1. The van der Waals surface area contributed by atoms with Gasteiger partial charge in [-0.3, -0.25) is 14.4 Å². The summed E-state index contributed by atoms with van der Waals surface area (Å²) < 4.78 is 5.10. The molecule has 0 aliphatic carbocycles. The van der Waals surface area contributed by atoms with Crippen molar-refractivity contribution in [1.29, 1.82) is 5.26 Å². The van der Waals surface area contributed by atoms with Crippen LogP contribution >= 0.6 is 0 Å². The normalized spacial score (nSPS) is 11.2. The van der Waals surface area contributed by atoms with Crippen molar-refractivity contribution in [3.8, 4) is 6.07 Å². The molecular weight excluding hydrogens is 356 g/mol. The maximum atomic E-state index is 12.2. The van der Waals surface area contributed by atoms with Crippen LogP contribution < -0.4 is 5.32 Å². The number of rotatable bonds is 7. The van der Waals surface area contributed by atoms with Gasteiger partial charge in [0.1, 0.15) is 6.07 Å². The van der Waals surface area contributed by atoms with Gasteiger partial charge in [0.25, 0.3) is 5.91 Å². The van der Waals surface area contributed by atoms with E-state index in [9.17, 15) is 14.4 Å². The van der Waals surface area contributed by atoms with Crippen molar-refractivity contribution in [1.82, 2.24) is 0 Å². The molecule has 2 aromatic rings. The van der Waals surface area contributed by atoms with Gasteiger partial charge in [0.05, 0.1) is 17.7 Å². The fraction of sp³-hybridized carbons (Fsp3) is 0.273. The number of nitrogens with zero attached hydrogens (tertiary/aromatic N) is 1. The van der Waals surface area contributed by atoms with Gasteiger partial charge in [0.2, 0.25) is 0 Å². The summed E-state index contributed by atoms with van der Waals surface area (Å²) in [5, 5.41) is 11.6. The molecule has 0 fully saturated rings. The molecule has 144 valence electrons. The highest BCUT2D eigenvalue weighted by Crippen LogP contribution is 2.15. The van der Waals surface area contributed by atoms with E-state index in [1.54, 1.807) is 36.4 Å². The van der Waals surface area contributed by atoms with Gasteiger partial charge < -0.3 is 10.1 Å². The standard InChI is InChI=1S/C22H22N2O4/c1-14-8-9-17(12-15(14)2)20(25)10-11-21(26)28-16(3)22(27)24-19-7-5-4-6-18(19)13-23/h4-9,12,16H,10-11H2,1-3H3,(H,24,27)/t16-/m0/s1. The lowest BCUT2D eigenvalue weighted by Crippen LogP contribution is -2.30. The van der Waals surface area contributed by atoms with Crippen LogP contribution in [-0.4, -0.2) is 23.8 Å². The predicted molar refractivity (Wildman–Crippen MR) is 105 cm³/mol. The molecule has 0 heterocycles. The second-order valence-corrected chi connectivity index (χ2v) is 6.50. The number of carbonyl (C=O) groups is 3. The Bertz CT molecular complexity index is 944. The number of amides is 1. The predicted octanol–water partition coefficient (Wildman–Crippen LogP) is 3.71. The van der Waals surface area contributed by atoms with Crippen molar-refractivity contribution < 1.29 is 19.1 Å². The van der Waals surface area contributed by atoms with Crippen molar-refractivity contribution >= 4 is 23.3 Å². The Morgan fingerprint density at radius 2 is 1.79 bits per heavy atom. The van der Waals surface area contributed by atoms with E-state index < -0.39 is 18.0 Å². The number of hydrogen-bond acceptors (Lipinski definition) is 5. The Labute approximate surface area is 164 Å². The first-order valence-electron chi connectivity index (χ1n) is 8.91. The first kappa shape index (κ1) is 20.8. The van der Waals surface area contributed by atoms with E-state index >= 15 is 0 Å². The number of hydrogen-bond donors (Lipinski definition) is 1. The van der Waals surface area contributed by atoms with E-state index in [4.69, 9.17) is 10.00 Å². The smallest absolute Gasteiger partial charge is 0.307 e. The van der Waals surface area contributed by atoms with E-state index in [0.717, 1.165) is 11.1 Å². The second-order valence-electron chi connectivity index (χ2n) is 6.50. The van der Waals surface area contributed by atoms with Gasteiger partial charge in [-0.2, -0.15) is 5.26 Å². The molecule has 0 spiro atoms. The molecule has 0 aliphatic heterocycles. The van der Waals surface area contributed by atoms with Crippen molar-refractivity contribution in [2.45, 2.75) is 39.7 Å². The Kier molecular flexibility index (Phi) is 7.05. The first-order valence-corrected chi connectivity index (χ1v) is 8.91. The second kappa shape index (κ2) is 9.47. The highest BCUT2D eigenvalue weighted by Gasteiger charge is 2.19. The molecule has 0 aromatic heterocycles. The number of nitriles is 1. The van der Waals surface area contributed by atoms with Gasteiger partial charge in [-0.1, -0.05) is 24.3 Å². The molecule has 1 atom stereocenters. The molecular formula is C22H22N2O4. The van der Waals surface area contributed by atoms with Gasteiger partial charge in [-0.05, 0) is 50.1 Å². The van der Waals surface area contributed by atoms with E-state index in [0.29, 0.717) is 16.8 Å². The maximum Gasteiger partial charge on any atom is 0.307 e. The minimum absolute atomic E-state index is 0.00688.